The van der Waals surface area contributed by atoms with Crippen LogP contribution in [0.3, 0.4) is 0 Å². The number of aromatic nitrogens is 1. The lowest BCUT2D eigenvalue weighted by molar-refractivity contribution is 0.602. The van der Waals surface area contributed by atoms with Crippen molar-refractivity contribution in [1.29, 1.82) is 0 Å². The molecule has 1 heterocycles. The number of hydrogen-bond donors (Lipinski definition) is 1. The van der Waals surface area contributed by atoms with Crippen LogP contribution in [0.4, 0.5) is 9.52 Å². The molecule has 7 heteroatoms. The van der Waals surface area contributed by atoms with E-state index in [1.54, 1.807) is 36.4 Å². The summed E-state index contributed by atoms with van der Waals surface area (Å²) in [6.07, 6.45) is 1.19. The fraction of sp³-hybridized carbons (Fsp3) is 0.167. The molecule has 4 nitrogen and oxygen atoms in total. The fourth-order valence-corrected chi connectivity index (χ4v) is 3.80. The van der Waals surface area contributed by atoms with Crippen molar-refractivity contribution in [2.45, 2.75) is 17.9 Å². The molecular weight excluding hydrogens is 359 g/mol. The smallest absolute Gasteiger partial charge is 0.183 e. The first kappa shape index (κ1) is 17.6. The van der Waals surface area contributed by atoms with E-state index in [1.807, 2.05) is 12.3 Å². The zero-order valence-electron chi connectivity index (χ0n) is 13.7. The summed E-state index contributed by atoms with van der Waals surface area (Å²) in [5.41, 5.74) is 2.61. The van der Waals surface area contributed by atoms with Crippen molar-refractivity contribution in [3.05, 3.63) is 65.3 Å². The molecule has 0 aliphatic rings. The Morgan fingerprint density at radius 2 is 1.72 bits per heavy atom. The molecule has 0 amide bonds. The van der Waals surface area contributed by atoms with Crippen molar-refractivity contribution in [1.82, 2.24) is 4.98 Å². The molecule has 25 heavy (non-hydrogen) atoms. The molecule has 0 aliphatic heterocycles. The molecule has 2 aromatic carbocycles. The van der Waals surface area contributed by atoms with E-state index in [9.17, 15) is 12.8 Å². The van der Waals surface area contributed by atoms with Crippen LogP contribution < -0.4 is 5.32 Å². The average molecular weight is 376 g/mol. The van der Waals surface area contributed by atoms with Gasteiger partial charge in [0.2, 0.25) is 0 Å². The van der Waals surface area contributed by atoms with E-state index >= 15 is 0 Å². The summed E-state index contributed by atoms with van der Waals surface area (Å²) in [5.74, 6) is -0.275. The molecule has 3 aromatic rings. The predicted molar refractivity (Wildman–Crippen MR) is 99.1 cm³/mol. The molecule has 1 N–H and O–H groups in total. The normalized spacial score (nSPS) is 12.8. The van der Waals surface area contributed by atoms with Gasteiger partial charge in [-0.3, -0.25) is 0 Å². The van der Waals surface area contributed by atoms with Gasteiger partial charge in [0.25, 0.3) is 0 Å². The third-order valence-electron chi connectivity index (χ3n) is 3.79. The summed E-state index contributed by atoms with van der Waals surface area (Å²) < 4.78 is 36.0. The molecule has 0 saturated heterocycles. The van der Waals surface area contributed by atoms with E-state index in [-0.39, 0.29) is 11.9 Å². The number of hydrogen-bond acceptors (Lipinski definition) is 5. The molecule has 1 atom stereocenters. The molecule has 130 valence electrons. The summed E-state index contributed by atoms with van der Waals surface area (Å²) in [7, 11) is -3.19. The van der Waals surface area contributed by atoms with Crippen molar-refractivity contribution in [3.8, 4) is 11.3 Å². The van der Waals surface area contributed by atoms with Gasteiger partial charge in [0, 0.05) is 17.2 Å². The molecule has 1 aromatic heterocycles. The van der Waals surface area contributed by atoms with Gasteiger partial charge in [0.05, 0.1) is 16.6 Å². The molecule has 0 fully saturated rings. The monoisotopic (exact) mass is 376 g/mol. The van der Waals surface area contributed by atoms with E-state index in [4.69, 9.17) is 0 Å². The topological polar surface area (TPSA) is 59.1 Å². The summed E-state index contributed by atoms with van der Waals surface area (Å²) in [6.45, 7) is 1.98. The number of halogens is 1. The van der Waals surface area contributed by atoms with Gasteiger partial charge in [-0.25, -0.2) is 17.8 Å². The standard InChI is InChI=1S/C18H17FN2O2S2/c1-12(13-5-9-16(10-6-13)25(2,22)23)20-18-21-17(11-24-18)14-3-7-15(19)8-4-14/h3-12H,1-2H3,(H,20,21). The minimum Gasteiger partial charge on any atom is -0.355 e. The fourth-order valence-electron chi connectivity index (χ4n) is 2.37. The van der Waals surface area contributed by atoms with Crippen LogP contribution in [0, 0.1) is 5.82 Å². The third kappa shape index (κ3) is 4.24. The maximum Gasteiger partial charge on any atom is 0.183 e. The molecule has 1 unspecified atom stereocenters. The lowest BCUT2D eigenvalue weighted by Crippen LogP contribution is -2.07. The maximum atomic E-state index is 13.0. The Morgan fingerprint density at radius 1 is 1.08 bits per heavy atom. The number of thiazole rings is 1. The van der Waals surface area contributed by atoms with Crippen LogP contribution in [0.5, 0.6) is 0 Å². The Hall–Kier alpha value is -2.25. The highest BCUT2D eigenvalue weighted by atomic mass is 32.2. The predicted octanol–water partition coefficient (Wildman–Crippen LogP) is 4.53. The van der Waals surface area contributed by atoms with Crippen molar-refractivity contribution in [2.75, 3.05) is 11.6 Å². The minimum absolute atomic E-state index is 0.0270. The molecule has 0 spiro atoms. The van der Waals surface area contributed by atoms with Crippen LogP contribution in [0.25, 0.3) is 11.3 Å². The van der Waals surface area contributed by atoms with Gasteiger partial charge in [-0.1, -0.05) is 12.1 Å². The second-order valence-electron chi connectivity index (χ2n) is 5.75. The molecule has 0 aliphatic carbocycles. The Labute approximate surface area is 150 Å². The van der Waals surface area contributed by atoms with E-state index in [0.29, 0.717) is 4.90 Å². The molecule has 3 rings (SSSR count). The number of nitrogens with one attached hydrogen (secondary N) is 1. The number of nitrogens with zero attached hydrogens (tertiary/aromatic N) is 1. The van der Waals surface area contributed by atoms with Crippen molar-refractivity contribution in [2.24, 2.45) is 0 Å². The Kier molecular flexibility index (Phi) is 4.87. The zero-order chi connectivity index (χ0) is 18.0. The van der Waals surface area contributed by atoms with Crippen LogP contribution in [0.2, 0.25) is 0 Å². The van der Waals surface area contributed by atoms with Gasteiger partial charge in [0.1, 0.15) is 5.82 Å². The van der Waals surface area contributed by atoms with E-state index in [1.165, 1.54) is 29.7 Å². The second kappa shape index (κ2) is 6.93. The van der Waals surface area contributed by atoms with Gasteiger partial charge < -0.3 is 5.32 Å². The minimum atomic E-state index is -3.19. The number of benzene rings is 2. The van der Waals surface area contributed by atoms with Crippen LogP contribution in [0.15, 0.2) is 58.8 Å². The largest absolute Gasteiger partial charge is 0.355 e. The van der Waals surface area contributed by atoms with Crippen molar-refractivity contribution in [3.63, 3.8) is 0 Å². The highest BCUT2D eigenvalue weighted by Crippen LogP contribution is 2.28. The Morgan fingerprint density at radius 3 is 2.32 bits per heavy atom. The Bertz CT molecular complexity index is 965. The molecular formula is C18H17FN2O2S2. The first-order chi connectivity index (χ1) is 11.8. The number of rotatable bonds is 5. The molecule has 0 bridgehead atoms. The molecule has 0 radical (unpaired) electrons. The zero-order valence-corrected chi connectivity index (χ0v) is 15.4. The highest BCUT2D eigenvalue weighted by Gasteiger charge is 2.11. The van der Waals surface area contributed by atoms with E-state index in [2.05, 4.69) is 10.3 Å². The summed E-state index contributed by atoms with van der Waals surface area (Å²) in [5, 5.41) is 5.96. The SMILES string of the molecule is CC(Nc1nc(-c2ccc(F)cc2)cs1)c1ccc(S(C)(=O)=O)cc1. The summed E-state index contributed by atoms with van der Waals surface area (Å²) in [4.78, 5) is 4.82. The van der Waals surface area contributed by atoms with Crippen LogP contribution in [0.1, 0.15) is 18.5 Å². The number of sulfone groups is 1. The maximum absolute atomic E-state index is 13.0. The van der Waals surface area contributed by atoms with Gasteiger partial charge >= 0.3 is 0 Å². The number of anilines is 1. The summed E-state index contributed by atoms with van der Waals surface area (Å²) >= 11 is 1.47. The lowest BCUT2D eigenvalue weighted by Gasteiger charge is -2.13. The first-order valence-corrected chi connectivity index (χ1v) is 10.4. The lowest BCUT2D eigenvalue weighted by atomic mass is 10.1. The third-order valence-corrected chi connectivity index (χ3v) is 5.69. The van der Waals surface area contributed by atoms with Gasteiger partial charge in [-0.2, -0.15) is 0 Å². The van der Waals surface area contributed by atoms with Gasteiger partial charge in [-0.05, 0) is 48.9 Å². The van der Waals surface area contributed by atoms with Gasteiger partial charge in [-0.15, -0.1) is 11.3 Å². The van der Waals surface area contributed by atoms with Crippen LogP contribution in [-0.2, 0) is 9.84 Å². The summed E-state index contributed by atoms with van der Waals surface area (Å²) in [6, 6.07) is 13.0. The first-order valence-electron chi connectivity index (χ1n) is 7.61. The average Bonchev–Trinajstić information content (AvgIpc) is 3.03. The van der Waals surface area contributed by atoms with Crippen molar-refractivity contribution >= 4 is 26.3 Å². The van der Waals surface area contributed by atoms with Crippen LogP contribution >= 0.6 is 11.3 Å². The molecule has 0 saturated carbocycles. The second-order valence-corrected chi connectivity index (χ2v) is 8.63. The van der Waals surface area contributed by atoms with Gasteiger partial charge in [0.15, 0.2) is 15.0 Å². The van der Waals surface area contributed by atoms with Crippen LogP contribution in [-0.4, -0.2) is 19.7 Å². The van der Waals surface area contributed by atoms with E-state index in [0.717, 1.165) is 22.0 Å². The highest BCUT2D eigenvalue weighted by molar-refractivity contribution is 7.90. The van der Waals surface area contributed by atoms with Crippen molar-refractivity contribution < 1.29 is 12.8 Å². The van der Waals surface area contributed by atoms with E-state index < -0.39 is 9.84 Å². The quantitative estimate of drug-likeness (QED) is 0.711. The Balaban J connectivity index is 1.73.